The van der Waals surface area contributed by atoms with E-state index in [0.29, 0.717) is 23.0 Å². The minimum Gasteiger partial charge on any atom is -0.383 e. The van der Waals surface area contributed by atoms with Crippen LogP contribution in [0.4, 0.5) is 17.6 Å². The largest absolute Gasteiger partial charge is 0.383 e. The van der Waals surface area contributed by atoms with E-state index < -0.39 is 0 Å². The van der Waals surface area contributed by atoms with E-state index in [4.69, 9.17) is 17.2 Å². The molecule has 0 spiro atoms. The molecule has 1 aromatic rings. The normalized spacial score (nSPS) is 35.7. The summed E-state index contributed by atoms with van der Waals surface area (Å²) in [5, 5.41) is 0. The van der Waals surface area contributed by atoms with Gasteiger partial charge in [-0.25, -0.2) is 0 Å². The van der Waals surface area contributed by atoms with Crippen LogP contribution in [0.1, 0.15) is 51.5 Å². The van der Waals surface area contributed by atoms with Crippen LogP contribution in [0.5, 0.6) is 0 Å². The number of aromatic nitrogens is 2. The van der Waals surface area contributed by atoms with Crippen molar-refractivity contribution >= 4 is 17.6 Å². The molecule has 3 rings (SSSR count). The fourth-order valence-electron chi connectivity index (χ4n) is 4.52. The number of nitrogens with zero attached hydrogens (tertiary/aromatic N) is 2. The van der Waals surface area contributed by atoms with Crippen LogP contribution in [0.15, 0.2) is 0 Å². The highest BCUT2D eigenvalue weighted by Gasteiger charge is 2.62. The van der Waals surface area contributed by atoms with Crippen molar-refractivity contribution in [3.05, 3.63) is 5.56 Å². The predicted octanol–water partition coefficient (Wildman–Crippen LogP) is 2.15. The Hall–Kier alpha value is -1.52. The summed E-state index contributed by atoms with van der Waals surface area (Å²) in [4.78, 5) is 8.21. The van der Waals surface area contributed by atoms with E-state index in [9.17, 15) is 0 Å². The second kappa shape index (κ2) is 3.52. The van der Waals surface area contributed by atoms with E-state index in [-0.39, 0.29) is 11.4 Å². The Morgan fingerprint density at radius 3 is 2.05 bits per heavy atom. The molecule has 3 atom stereocenters. The van der Waals surface area contributed by atoms with Gasteiger partial charge in [-0.1, -0.05) is 20.8 Å². The zero-order valence-electron chi connectivity index (χ0n) is 11.9. The van der Waals surface area contributed by atoms with Crippen molar-refractivity contribution in [3.8, 4) is 0 Å². The molecule has 1 heterocycles. The Morgan fingerprint density at radius 1 is 1.05 bits per heavy atom. The summed E-state index contributed by atoms with van der Waals surface area (Å²) in [6.07, 6.45) is 3.65. The lowest BCUT2D eigenvalue weighted by Gasteiger charge is -2.39. The molecule has 1 aromatic heterocycles. The molecule has 0 amide bonds. The second-order valence-electron chi connectivity index (χ2n) is 6.93. The van der Waals surface area contributed by atoms with Crippen LogP contribution < -0.4 is 17.2 Å². The molecule has 2 aliphatic carbocycles. The van der Waals surface area contributed by atoms with Crippen molar-refractivity contribution < 1.29 is 0 Å². The zero-order chi connectivity index (χ0) is 14.0. The predicted molar refractivity (Wildman–Crippen MR) is 77.2 cm³/mol. The molecule has 2 aliphatic rings. The van der Waals surface area contributed by atoms with Crippen LogP contribution in [0.25, 0.3) is 0 Å². The molecule has 6 N–H and O–H groups in total. The minimum absolute atomic E-state index is 0.159. The quantitative estimate of drug-likeness (QED) is 0.718. The van der Waals surface area contributed by atoms with Gasteiger partial charge in [-0.2, -0.15) is 9.97 Å². The van der Waals surface area contributed by atoms with Crippen molar-refractivity contribution in [3.63, 3.8) is 0 Å². The van der Waals surface area contributed by atoms with E-state index in [1.807, 2.05) is 0 Å². The van der Waals surface area contributed by atoms with Crippen molar-refractivity contribution in [2.24, 2.45) is 16.7 Å². The van der Waals surface area contributed by atoms with Gasteiger partial charge in [-0.05, 0) is 41.9 Å². The van der Waals surface area contributed by atoms with Gasteiger partial charge in [0.25, 0.3) is 0 Å². The van der Waals surface area contributed by atoms with Gasteiger partial charge in [0.2, 0.25) is 5.95 Å². The lowest BCUT2D eigenvalue weighted by molar-refractivity contribution is 0.135. The lowest BCUT2D eigenvalue weighted by atomic mass is 9.65. The van der Waals surface area contributed by atoms with Crippen LogP contribution in [0.3, 0.4) is 0 Å². The third kappa shape index (κ3) is 1.41. The number of hydrogen-bond acceptors (Lipinski definition) is 5. The Balaban J connectivity index is 2.11. The number of anilines is 3. The van der Waals surface area contributed by atoms with Gasteiger partial charge in [0.15, 0.2) is 0 Å². The molecule has 2 fully saturated rings. The van der Waals surface area contributed by atoms with E-state index in [1.165, 1.54) is 12.8 Å². The summed E-state index contributed by atoms with van der Waals surface area (Å²) in [6.45, 7) is 7.10. The van der Waals surface area contributed by atoms with Crippen LogP contribution in [0, 0.1) is 16.7 Å². The summed E-state index contributed by atoms with van der Waals surface area (Å²) in [5.41, 5.74) is 19.2. The molecule has 3 unspecified atom stereocenters. The van der Waals surface area contributed by atoms with Crippen molar-refractivity contribution in [1.82, 2.24) is 9.97 Å². The second-order valence-corrected chi connectivity index (χ2v) is 6.93. The van der Waals surface area contributed by atoms with Crippen LogP contribution >= 0.6 is 0 Å². The van der Waals surface area contributed by atoms with Gasteiger partial charge in [-0.15, -0.1) is 0 Å². The highest BCUT2D eigenvalue weighted by atomic mass is 15.1. The smallest absolute Gasteiger partial charge is 0.223 e. The van der Waals surface area contributed by atoms with Gasteiger partial charge in [0.1, 0.15) is 11.6 Å². The molecule has 19 heavy (non-hydrogen) atoms. The minimum atomic E-state index is 0.159. The molecule has 2 saturated carbocycles. The SMILES string of the molecule is CC1(C)C2CCC1(C)C(c1c(N)nc(N)nc1N)C2. The summed E-state index contributed by atoms with van der Waals surface area (Å²) in [6, 6.07) is 0. The number of hydrogen-bond donors (Lipinski definition) is 3. The van der Waals surface area contributed by atoms with Gasteiger partial charge in [-0.3, -0.25) is 0 Å². The number of rotatable bonds is 1. The highest BCUT2D eigenvalue weighted by Crippen LogP contribution is 2.71. The van der Waals surface area contributed by atoms with Gasteiger partial charge >= 0.3 is 0 Å². The van der Waals surface area contributed by atoms with Gasteiger partial charge in [0.05, 0.1) is 0 Å². The molecule has 5 heteroatoms. The number of nitrogen functional groups attached to an aromatic ring is 3. The topological polar surface area (TPSA) is 104 Å². The third-order valence-corrected chi connectivity index (χ3v) is 6.16. The fourth-order valence-corrected chi connectivity index (χ4v) is 4.52. The Morgan fingerprint density at radius 2 is 1.63 bits per heavy atom. The van der Waals surface area contributed by atoms with E-state index in [2.05, 4.69) is 30.7 Å². The summed E-state index contributed by atoms with van der Waals surface area (Å²) < 4.78 is 0. The summed E-state index contributed by atoms with van der Waals surface area (Å²) in [7, 11) is 0. The molecule has 5 nitrogen and oxygen atoms in total. The third-order valence-electron chi connectivity index (χ3n) is 6.16. The first-order chi connectivity index (χ1) is 8.77. The standard InChI is InChI=1S/C14H23N5/c1-13(2)7-4-5-14(13,3)8(6-7)9-10(15)18-12(17)19-11(9)16/h7-8H,4-6H2,1-3H3,(H6,15,16,17,18,19). The summed E-state index contributed by atoms with van der Waals surface area (Å²) >= 11 is 0. The maximum atomic E-state index is 6.07. The zero-order valence-corrected chi connectivity index (χ0v) is 11.9. The molecule has 2 bridgehead atoms. The van der Waals surface area contributed by atoms with E-state index in [0.717, 1.165) is 17.9 Å². The Bertz CT molecular complexity index is 516. The Labute approximate surface area is 114 Å². The molecule has 0 radical (unpaired) electrons. The maximum absolute atomic E-state index is 6.07. The number of fused-ring (bicyclic) bond motifs is 2. The van der Waals surface area contributed by atoms with E-state index in [1.54, 1.807) is 0 Å². The maximum Gasteiger partial charge on any atom is 0.223 e. The number of nitrogens with two attached hydrogens (primary N) is 3. The first-order valence-electron chi connectivity index (χ1n) is 6.95. The molecular formula is C14H23N5. The van der Waals surface area contributed by atoms with Crippen molar-refractivity contribution in [1.29, 1.82) is 0 Å². The fraction of sp³-hybridized carbons (Fsp3) is 0.714. The first kappa shape index (κ1) is 12.5. The highest BCUT2D eigenvalue weighted by molar-refractivity contribution is 5.59. The monoisotopic (exact) mass is 261 g/mol. The van der Waals surface area contributed by atoms with Crippen LogP contribution in [0.2, 0.25) is 0 Å². The Kier molecular flexibility index (Phi) is 2.32. The van der Waals surface area contributed by atoms with Gasteiger partial charge in [0, 0.05) is 5.56 Å². The molecule has 0 saturated heterocycles. The summed E-state index contributed by atoms with van der Waals surface area (Å²) in [5.74, 6) is 2.16. The first-order valence-corrected chi connectivity index (χ1v) is 6.95. The molecular weight excluding hydrogens is 238 g/mol. The molecule has 0 aliphatic heterocycles. The molecule has 0 aromatic carbocycles. The van der Waals surface area contributed by atoms with Crippen LogP contribution in [-0.2, 0) is 0 Å². The van der Waals surface area contributed by atoms with Gasteiger partial charge < -0.3 is 17.2 Å². The van der Waals surface area contributed by atoms with E-state index >= 15 is 0 Å². The van der Waals surface area contributed by atoms with Crippen molar-refractivity contribution in [2.75, 3.05) is 17.2 Å². The molecule has 104 valence electrons. The van der Waals surface area contributed by atoms with Crippen LogP contribution in [-0.4, -0.2) is 9.97 Å². The lowest BCUT2D eigenvalue weighted by Crippen LogP contribution is -2.32. The average Bonchev–Trinajstić information content (AvgIpc) is 2.60. The van der Waals surface area contributed by atoms with Crippen molar-refractivity contribution in [2.45, 2.75) is 46.0 Å². The average molecular weight is 261 g/mol.